The minimum absolute atomic E-state index is 0.147. The molecule has 6 nitrogen and oxygen atoms in total. The molecule has 24 heavy (non-hydrogen) atoms. The summed E-state index contributed by atoms with van der Waals surface area (Å²) < 4.78 is 14.9. The third-order valence-electron chi connectivity index (χ3n) is 4.32. The van der Waals surface area contributed by atoms with Gasteiger partial charge in [0.05, 0.1) is 0 Å². The number of halogens is 1. The molecule has 1 amide bonds. The molecule has 1 atom stereocenters. The zero-order valence-corrected chi connectivity index (χ0v) is 14.0. The van der Waals surface area contributed by atoms with E-state index in [1.54, 1.807) is 12.1 Å². The lowest BCUT2D eigenvalue weighted by molar-refractivity contribution is 0.0620. The SMILES string of the molecule is C[C@H]1CCCCN1C(=O)c1nnc2sc(-c3cccc(F)c3)nn12. The Labute approximate surface area is 141 Å². The van der Waals surface area contributed by atoms with Crippen LogP contribution in [0.4, 0.5) is 4.39 Å². The average Bonchev–Trinajstić information content (AvgIpc) is 3.15. The molecule has 0 spiro atoms. The van der Waals surface area contributed by atoms with Crippen LogP contribution >= 0.6 is 11.3 Å². The molecule has 1 aromatic carbocycles. The molecule has 2 aromatic heterocycles. The minimum Gasteiger partial charge on any atom is -0.333 e. The van der Waals surface area contributed by atoms with Gasteiger partial charge in [-0.1, -0.05) is 23.5 Å². The zero-order chi connectivity index (χ0) is 16.7. The van der Waals surface area contributed by atoms with E-state index in [0.717, 1.165) is 25.8 Å². The van der Waals surface area contributed by atoms with Crippen molar-refractivity contribution in [2.45, 2.75) is 32.2 Å². The maximum Gasteiger partial charge on any atom is 0.293 e. The number of nitrogens with zero attached hydrogens (tertiary/aromatic N) is 5. The van der Waals surface area contributed by atoms with Gasteiger partial charge in [-0.25, -0.2) is 4.39 Å². The maximum absolute atomic E-state index is 13.4. The summed E-state index contributed by atoms with van der Waals surface area (Å²) in [5.74, 6) is -0.250. The van der Waals surface area contributed by atoms with Gasteiger partial charge in [-0.2, -0.15) is 9.61 Å². The normalized spacial score (nSPS) is 18.2. The van der Waals surface area contributed by atoms with E-state index in [0.29, 0.717) is 15.5 Å². The zero-order valence-electron chi connectivity index (χ0n) is 13.1. The van der Waals surface area contributed by atoms with Gasteiger partial charge in [0.15, 0.2) is 0 Å². The van der Waals surface area contributed by atoms with E-state index in [4.69, 9.17) is 0 Å². The van der Waals surface area contributed by atoms with E-state index in [1.165, 1.54) is 28.0 Å². The Kier molecular flexibility index (Phi) is 3.76. The molecule has 4 rings (SSSR count). The Balaban J connectivity index is 1.71. The standard InChI is InChI=1S/C16H16FN5OS/c1-10-5-2-3-8-21(10)15(23)13-18-19-16-22(13)20-14(24-16)11-6-4-7-12(17)9-11/h4,6-7,9-10H,2-3,5,8H2,1H3/t10-/m0/s1. The number of fused-ring (bicyclic) bond motifs is 1. The van der Waals surface area contributed by atoms with E-state index in [2.05, 4.69) is 22.2 Å². The second-order valence-electron chi connectivity index (χ2n) is 5.98. The first-order valence-electron chi connectivity index (χ1n) is 7.92. The van der Waals surface area contributed by atoms with E-state index in [9.17, 15) is 9.18 Å². The van der Waals surface area contributed by atoms with Crippen molar-refractivity contribution < 1.29 is 9.18 Å². The molecule has 1 fully saturated rings. The van der Waals surface area contributed by atoms with Crippen LogP contribution in [0.2, 0.25) is 0 Å². The largest absolute Gasteiger partial charge is 0.333 e. The van der Waals surface area contributed by atoms with Gasteiger partial charge in [-0.15, -0.1) is 10.2 Å². The van der Waals surface area contributed by atoms with Gasteiger partial charge in [0.1, 0.15) is 10.8 Å². The minimum atomic E-state index is -0.322. The van der Waals surface area contributed by atoms with E-state index >= 15 is 0 Å². The van der Waals surface area contributed by atoms with Crippen molar-refractivity contribution in [1.29, 1.82) is 0 Å². The number of hydrogen-bond acceptors (Lipinski definition) is 5. The molecular weight excluding hydrogens is 329 g/mol. The quantitative estimate of drug-likeness (QED) is 0.716. The van der Waals surface area contributed by atoms with Crippen LogP contribution in [0.3, 0.4) is 0 Å². The molecule has 1 saturated heterocycles. The fourth-order valence-corrected chi connectivity index (χ4v) is 3.85. The van der Waals surface area contributed by atoms with Crippen molar-refractivity contribution in [2.24, 2.45) is 0 Å². The van der Waals surface area contributed by atoms with Crippen molar-refractivity contribution in [3.63, 3.8) is 0 Å². The summed E-state index contributed by atoms with van der Waals surface area (Å²) in [5.41, 5.74) is 0.662. The number of benzene rings is 1. The first kappa shape index (κ1) is 15.2. The van der Waals surface area contributed by atoms with Gasteiger partial charge in [-0.3, -0.25) is 4.79 Å². The van der Waals surface area contributed by atoms with Crippen molar-refractivity contribution >= 4 is 22.2 Å². The highest BCUT2D eigenvalue weighted by Gasteiger charge is 2.28. The molecular formula is C16H16FN5OS. The predicted octanol–water partition coefficient (Wildman–Crippen LogP) is 3.01. The third-order valence-corrected chi connectivity index (χ3v) is 5.27. The van der Waals surface area contributed by atoms with Crippen molar-refractivity contribution in [1.82, 2.24) is 24.7 Å². The Morgan fingerprint density at radius 1 is 1.33 bits per heavy atom. The predicted molar refractivity (Wildman–Crippen MR) is 88.4 cm³/mol. The van der Waals surface area contributed by atoms with Crippen LogP contribution in [0.1, 0.15) is 36.8 Å². The molecule has 124 valence electrons. The van der Waals surface area contributed by atoms with Crippen LogP contribution in [-0.2, 0) is 0 Å². The topological polar surface area (TPSA) is 63.4 Å². The lowest BCUT2D eigenvalue weighted by Gasteiger charge is -2.32. The molecule has 0 saturated carbocycles. The average molecular weight is 345 g/mol. The van der Waals surface area contributed by atoms with Gasteiger partial charge in [0, 0.05) is 18.2 Å². The highest BCUT2D eigenvalue weighted by Crippen LogP contribution is 2.26. The van der Waals surface area contributed by atoms with Crippen LogP contribution in [0, 0.1) is 5.82 Å². The fraction of sp³-hybridized carbons (Fsp3) is 0.375. The molecule has 0 radical (unpaired) electrons. The van der Waals surface area contributed by atoms with E-state index in [-0.39, 0.29) is 23.6 Å². The highest BCUT2D eigenvalue weighted by molar-refractivity contribution is 7.19. The summed E-state index contributed by atoms with van der Waals surface area (Å²) in [5, 5.41) is 13.1. The van der Waals surface area contributed by atoms with Crippen LogP contribution in [0.15, 0.2) is 24.3 Å². The Bertz CT molecular complexity index is 905. The van der Waals surface area contributed by atoms with Crippen LogP contribution in [0.25, 0.3) is 15.5 Å². The molecule has 0 N–H and O–H groups in total. The summed E-state index contributed by atoms with van der Waals surface area (Å²) in [7, 11) is 0. The summed E-state index contributed by atoms with van der Waals surface area (Å²) in [6.45, 7) is 2.78. The first-order chi connectivity index (χ1) is 11.6. The molecule has 0 aliphatic carbocycles. The van der Waals surface area contributed by atoms with Gasteiger partial charge in [-0.05, 0) is 38.3 Å². The Hall–Kier alpha value is -2.35. The van der Waals surface area contributed by atoms with Crippen molar-refractivity contribution in [2.75, 3.05) is 6.54 Å². The summed E-state index contributed by atoms with van der Waals surface area (Å²) in [6.07, 6.45) is 3.14. The molecule has 8 heteroatoms. The smallest absolute Gasteiger partial charge is 0.293 e. The summed E-state index contributed by atoms with van der Waals surface area (Å²) >= 11 is 1.29. The molecule has 0 bridgehead atoms. The first-order valence-corrected chi connectivity index (χ1v) is 8.74. The molecule has 0 unspecified atom stereocenters. The lowest BCUT2D eigenvalue weighted by Crippen LogP contribution is -2.42. The molecule has 3 aromatic rings. The Morgan fingerprint density at radius 3 is 3.00 bits per heavy atom. The van der Waals surface area contributed by atoms with Crippen LogP contribution in [0.5, 0.6) is 0 Å². The monoisotopic (exact) mass is 345 g/mol. The van der Waals surface area contributed by atoms with Crippen molar-refractivity contribution in [3.8, 4) is 10.6 Å². The summed E-state index contributed by atoms with van der Waals surface area (Å²) in [4.78, 5) is 15.2. The van der Waals surface area contributed by atoms with Gasteiger partial charge in [0.25, 0.3) is 5.91 Å². The number of likely N-dealkylation sites (tertiary alicyclic amines) is 1. The van der Waals surface area contributed by atoms with Gasteiger partial charge < -0.3 is 4.90 Å². The number of carbonyl (C=O) groups excluding carboxylic acids is 1. The fourth-order valence-electron chi connectivity index (χ4n) is 3.02. The second-order valence-corrected chi connectivity index (χ2v) is 6.93. The molecule has 1 aliphatic heterocycles. The number of amides is 1. The summed E-state index contributed by atoms with van der Waals surface area (Å²) in [6, 6.07) is 6.41. The van der Waals surface area contributed by atoms with E-state index < -0.39 is 0 Å². The third kappa shape index (κ3) is 2.56. The Morgan fingerprint density at radius 2 is 2.21 bits per heavy atom. The number of aromatic nitrogens is 4. The van der Waals surface area contributed by atoms with Crippen molar-refractivity contribution in [3.05, 3.63) is 35.9 Å². The molecule has 1 aliphatic rings. The number of rotatable bonds is 2. The van der Waals surface area contributed by atoms with E-state index in [1.807, 2.05) is 4.90 Å². The number of piperidine rings is 1. The number of hydrogen-bond donors (Lipinski definition) is 0. The molecule has 3 heterocycles. The second kappa shape index (κ2) is 5.94. The van der Waals surface area contributed by atoms with Gasteiger partial charge in [0.2, 0.25) is 10.8 Å². The highest BCUT2D eigenvalue weighted by atomic mass is 32.1. The maximum atomic E-state index is 13.4. The van der Waals surface area contributed by atoms with Gasteiger partial charge >= 0.3 is 0 Å². The van der Waals surface area contributed by atoms with Crippen LogP contribution in [-0.4, -0.2) is 43.2 Å². The number of carbonyl (C=O) groups is 1. The lowest BCUT2D eigenvalue weighted by atomic mass is 10.0. The van der Waals surface area contributed by atoms with Crippen LogP contribution < -0.4 is 0 Å².